The van der Waals surface area contributed by atoms with E-state index < -0.39 is 4.92 Å². The minimum Gasteiger partial charge on any atom is -0.457 e. The smallest absolute Gasteiger partial charge is 0.353 e. The molecule has 2 N–H and O–H groups in total. The van der Waals surface area contributed by atoms with Crippen molar-refractivity contribution in [2.75, 3.05) is 30.9 Å². The van der Waals surface area contributed by atoms with E-state index in [-0.39, 0.29) is 17.3 Å². The minimum absolute atomic E-state index is 0.107. The molecule has 1 aromatic heterocycles. The van der Waals surface area contributed by atoms with Crippen molar-refractivity contribution in [3.05, 3.63) is 71.0 Å². The fourth-order valence-electron chi connectivity index (χ4n) is 2.56. The topological polar surface area (TPSA) is 111 Å². The van der Waals surface area contributed by atoms with Gasteiger partial charge in [0.2, 0.25) is 11.6 Å². The summed E-state index contributed by atoms with van der Waals surface area (Å²) in [5, 5.41) is 17.5. The number of benzene rings is 2. The van der Waals surface area contributed by atoms with Gasteiger partial charge in [0, 0.05) is 25.9 Å². The molecule has 29 heavy (non-hydrogen) atoms. The van der Waals surface area contributed by atoms with E-state index in [0.717, 1.165) is 5.75 Å². The summed E-state index contributed by atoms with van der Waals surface area (Å²) in [6.45, 7) is 1.05. The van der Waals surface area contributed by atoms with Crippen molar-refractivity contribution in [2.24, 2.45) is 0 Å². The van der Waals surface area contributed by atoms with Crippen molar-refractivity contribution in [1.29, 1.82) is 0 Å². The van der Waals surface area contributed by atoms with Crippen molar-refractivity contribution < 1.29 is 14.4 Å². The summed E-state index contributed by atoms with van der Waals surface area (Å²) >= 11 is 0. The van der Waals surface area contributed by atoms with Gasteiger partial charge in [0.1, 0.15) is 17.8 Å². The van der Waals surface area contributed by atoms with Crippen LogP contribution < -0.4 is 15.4 Å². The van der Waals surface area contributed by atoms with Crippen LogP contribution in [0.3, 0.4) is 0 Å². The molecule has 0 atom stereocenters. The van der Waals surface area contributed by atoms with Gasteiger partial charge in [-0.1, -0.05) is 18.2 Å². The van der Waals surface area contributed by atoms with Gasteiger partial charge in [-0.3, -0.25) is 10.1 Å². The molecule has 0 saturated heterocycles. The molecule has 3 aromatic rings. The summed E-state index contributed by atoms with van der Waals surface area (Å²) in [6.07, 6.45) is 1.98. The summed E-state index contributed by atoms with van der Waals surface area (Å²) in [7, 11) is 1.60. The third-order valence-electron chi connectivity index (χ3n) is 3.92. The zero-order valence-electron chi connectivity index (χ0n) is 15.9. The average Bonchev–Trinajstić information content (AvgIpc) is 2.73. The zero-order chi connectivity index (χ0) is 20.5. The monoisotopic (exact) mass is 395 g/mol. The zero-order valence-corrected chi connectivity index (χ0v) is 15.9. The lowest BCUT2D eigenvalue weighted by Crippen LogP contribution is -2.10. The van der Waals surface area contributed by atoms with E-state index in [0.29, 0.717) is 31.0 Å². The van der Waals surface area contributed by atoms with E-state index in [2.05, 4.69) is 20.6 Å². The molecule has 9 nitrogen and oxygen atoms in total. The first-order valence-corrected chi connectivity index (χ1v) is 8.99. The Morgan fingerprint density at radius 2 is 1.69 bits per heavy atom. The lowest BCUT2D eigenvalue weighted by atomic mass is 10.3. The van der Waals surface area contributed by atoms with Crippen LogP contribution in [-0.4, -0.2) is 35.2 Å². The summed E-state index contributed by atoms with van der Waals surface area (Å²) in [6, 6.07) is 16.5. The maximum absolute atomic E-state index is 11.6. The molecule has 0 radical (unpaired) electrons. The van der Waals surface area contributed by atoms with E-state index >= 15 is 0 Å². The van der Waals surface area contributed by atoms with Gasteiger partial charge in [-0.05, 0) is 42.8 Å². The number of aromatic nitrogens is 2. The average molecular weight is 395 g/mol. The van der Waals surface area contributed by atoms with Crippen molar-refractivity contribution >= 4 is 23.0 Å². The third-order valence-corrected chi connectivity index (χ3v) is 3.92. The summed E-state index contributed by atoms with van der Waals surface area (Å²) in [5.41, 5.74) is 0.423. The van der Waals surface area contributed by atoms with Crippen LogP contribution in [-0.2, 0) is 4.74 Å². The molecule has 9 heteroatoms. The molecule has 0 saturated carbocycles. The molecule has 2 aromatic carbocycles. The molecule has 3 rings (SSSR count). The lowest BCUT2D eigenvalue weighted by Gasteiger charge is -2.11. The highest BCUT2D eigenvalue weighted by atomic mass is 16.6. The van der Waals surface area contributed by atoms with Gasteiger partial charge in [-0.2, -0.15) is 0 Å². The van der Waals surface area contributed by atoms with E-state index in [1.165, 1.54) is 6.33 Å². The number of methoxy groups -OCH3 is 1. The SMILES string of the molecule is COCCCNc1ncnc(Nc2ccc(Oc3ccccc3)cc2)c1[N+](=O)[O-]. The highest BCUT2D eigenvalue weighted by molar-refractivity contribution is 5.73. The standard InChI is InChI=1S/C20H21N5O4/c1-28-13-5-12-21-19-18(25(26)27)20(23-14-22-19)24-15-8-10-17(11-9-15)29-16-6-3-2-4-7-16/h2-4,6-11,14H,5,12-13H2,1H3,(H2,21,22,23,24). The minimum atomic E-state index is -0.506. The number of hydrogen-bond acceptors (Lipinski definition) is 8. The number of rotatable bonds is 10. The van der Waals surface area contributed by atoms with Crippen molar-refractivity contribution in [3.8, 4) is 11.5 Å². The predicted molar refractivity (Wildman–Crippen MR) is 110 cm³/mol. The Balaban J connectivity index is 1.72. The molecule has 0 aliphatic heterocycles. The normalized spacial score (nSPS) is 10.4. The fraction of sp³-hybridized carbons (Fsp3) is 0.200. The Morgan fingerprint density at radius 3 is 2.38 bits per heavy atom. The van der Waals surface area contributed by atoms with Crippen LogP contribution in [0.4, 0.5) is 23.0 Å². The molecular formula is C20H21N5O4. The molecule has 0 amide bonds. The molecule has 0 aliphatic carbocycles. The van der Waals surface area contributed by atoms with Crippen LogP contribution in [0.5, 0.6) is 11.5 Å². The van der Waals surface area contributed by atoms with Crippen molar-refractivity contribution in [2.45, 2.75) is 6.42 Å². The number of nitro groups is 1. The summed E-state index contributed by atoms with van der Waals surface area (Å²) < 4.78 is 10.7. The molecule has 1 heterocycles. The first-order valence-electron chi connectivity index (χ1n) is 8.99. The number of para-hydroxylation sites is 1. The second kappa shape index (κ2) is 10.00. The number of hydrogen-bond donors (Lipinski definition) is 2. The largest absolute Gasteiger partial charge is 0.457 e. The van der Waals surface area contributed by atoms with Crippen molar-refractivity contribution in [3.63, 3.8) is 0 Å². The summed E-state index contributed by atoms with van der Waals surface area (Å²) in [5.74, 6) is 1.65. The third kappa shape index (κ3) is 5.63. The number of ether oxygens (including phenoxy) is 2. The van der Waals surface area contributed by atoms with Gasteiger partial charge in [-0.15, -0.1) is 0 Å². The quantitative estimate of drug-likeness (QED) is 0.296. The Morgan fingerprint density at radius 1 is 1.00 bits per heavy atom. The molecule has 150 valence electrons. The Labute approximate surface area is 167 Å². The van der Waals surface area contributed by atoms with Crippen LogP contribution in [0, 0.1) is 10.1 Å². The molecule has 0 bridgehead atoms. The maximum atomic E-state index is 11.6. The van der Waals surface area contributed by atoms with Crippen LogP contribution in [0.2, 0.25) is 0 Å². The molecule has 0 fully saturated rings. The van der Waals surface area contributed by atoms with Crippen LogP contribution in [0.1, 0.15) is 6.42 Å². The molecule has 0 unspecified atom stereocenters. The van der Waals surface area contributed by atoms with Gasteiger partial charge >= 0.3 is 5.69 Å². The van der Waals surface area contributed by atoms with E-state index in [1.807, 2.05) is 30.3 Å². The fourth-order valence-corrected chi connectivity index (χ4v) is 2.56. The Kier molecular flexibility index (Phi) is 6.90. The number of nitrogens with one attached hydrogen (secondary N) is 2. The molecule has 0 aliphatic rings. The van der Waals surface area contributed by atoms with Crippen LogP contribution in [0.15, 0.2) is 60.9 Å². The lowest BCUT2D eigenvalue weighted by molar-refractivity contribution is -0.383. The second-order valence-electron chi connectivity index (χ2n) is 6.01. The first-order chi connectivity index (χ1) is 14.2. The highest BCUT2D eigenvalue weighted by Crippen LogP contribution is 2.32. The van der Waals surface area contributed by atoms with Crippen molar-refractivity contribution in [1.82, 2.24) is 9.97 Å². The van der Waals surface area contributed by atoms with Gasteiger partial charge < -0.3 is 20.1 Å². The second-order valence-corrected chi connectivity index (χ2v) is 6.01. The Bertz CT molecular complexity index is 935. The van der Waals surface area contributed by atoms with E-state index in [4.69, 9.17) is 9.47 Å². The predicted octanol–water partition coefficient (Wildman–Crippen LogP) is 4.37. The van der Waals surface area contributed by atoms with Crippen LogP contribution in [0.25, 0.3) is 0 Å². The van der Waals surface area contributed by atoms with Gasteiger partial charge in [0.05, 0.1) is 4.92 Å². The maximum Gasteiger partial charge on any atom is 0.353 e. The molecular weight excluding hydrogens is 374 g/mol. The van der Waals surface area contributed by atoms with E-state index in [1.54, 1.807) is 31.4 Å². The van der Waals surface area contributed by atoms with Gasteiger partial charge in [-0.25, -0.2) is 9.97 Å². The highest BCUT2D eigenvalue weighted by Gasteiger charge is 2.22. The van der Waals surface area contributed by atoms with Gasteiger partial charge in [0.15, 0.2) is 0 Å². The van der Waals surface area contributed by atoms with Crippen LogP contribution >= 0.6 is 0 Å². The van der Waals surface area contributed by atoms with E-state index in [9.17, 15) is 10.1 Å². The Hall–Kier alpha value is -3.72. The number of anilines is 3. The molecule has 0 spiro atoms. The summed E-state index contributed by atoms with van der Waals surface area (Å²) in [4.78, 5) is 19.1. The number of nitrogens with zero attached hydrogens (tertiary/aromatic N) is 3. The first kappa shape index (κ1) is 20.0. The van der Waals surface area contributed by atoms with Gasteiger partial charge in [0.25, 0.3) is 0 Å².